The Morgan fingerprint density at radius 2 is 2.00 bits per heavy atom. The maximum absolute atomic E-state index is 5.64. The second kappa shape index (κ2) is 6.72. The second-order valence-electron chi connectivity index (χ2n) is 4.05. The van der Waals surface area contributed by atoms with E-state index in [-0.39, 0.29) is 0 Å². The fourth-order valence-corrected chi connectivity index (χ4v) is 1.88. The highest BCUT2D eigenvalue weighted by Gasteiger charge is 2.10. The first-order valence-corrected chi connectivity index (χ1v) is 6.59. The molecule has 0 saturated heterocycles. The number of fused-ring (bicyclic) bond motifs is 1. The summed E-state index contributed by atoms with van der Waals surface area (Å²) in [6.45, 7) is 3.25. The first kappa shape index (κ1) is 12.5. The van der Waals surface area contributed by atoms with Gasteiger partial charge in [-0.1, -0.05) is 6.07 Å². The van der Waals surface area contributed by atoms with Crippen LogP contribution < -0.4 is 14.8 Å². The van der Waals surface area contributed by atoms with Gasteiger partial charge in [0.1, 0.15) is 0 Å². The smallest absolute Gasteiger partial charge is 0.161 e. The molecule has 0 aliphatic carbocycles. The molecule has 1 N–H and O–H groups in total. The van der Waals surface area contributed by atoms with Gasteiger partial charge < -0.3 is 14.8 Å². The van der Waals surface area contributed by atoms with E-state index in [0.717, 1.165) is 50.6 Å². The Balaban J connectivity index is 1.93. The zero-order valence-corrected chi connectivity index (χ0v) is 10.6. The van der Waals surface area contributed by atoms with E-state index in [2.05, 4.69) is 11.4 Å². The van der Waals surface area contributed by atoms with Gasteiger partial charge in [0.25, 0.3) is 0 Å². The number of hydrogen-bond acceptors (Lipinski definition) is 3. The van der Waals surface area contributed by atoms with Crippen molar-refractivity contribution in [1.29, 1.82) is 0 Å². The number of nitrogens with one attached hydrogen (secondary N) is 1. The lowest BCUT2D eigenvalue weighted by molar-refractivity contribution is 0.297. The number of alkyl halides is 1. The summed E-state index contributed by atoms with van der Waals surface area (Å²) in [7, 11) is 0. The van der Waals surface area contributed by atoms with Crippen LogP contribution in [0.4, 0.5) is 0 Å². The van der Waals surface area contributed by atoms with Gasteiger partial charge >= 0.3 is 0 Å². The fourth-order valence-electron chi connectivity index (χ4n) is 1.74. The quantitative estimate of drug-likeness (QED) is 0.648. The number of hydrogen-bond donors (Lipinski definition) is 1. The molecule has 0 bridgehead atoms. The van der Waals surface area contributed by atoms with Gasteiger partial charge in [-0.15, -0.1) is 11.6 Å². The number of halogens is 1. The third kappa shape index (κ3) is 3.79. The normalized spacial score (nSPS) is 14.4. The van der Waals surface area contributed by atoms with E-state index in [1.165, 1.54) is 5.56 Å². The maximum atomic E-state index is 5.64. The molecule has 0 atom stereocenters. The summed E-state index contributed by atoms with van der Waals surface area (Å²) in [4.78, 5) is 0. The monoisotopic (exact) mass is 255 g/mol. The van der Waals surface area contributed by atoms with Crippen molar-refractivity contribution in [2.75, 3.05) is 25.6 Å². The van der Waals surface area contributed by atoms with Gasteiger partial charge in [0.2, 0.25) is 0 Å². The first-order chi connectivity index (χ1) is 8.40. The Morgan fingerprint density at radius 3 is 2.82 bits per heavy atom. The average Bonchev–Trinajstić information content (AvgIpc) is 2.59. The molecular formula is C13H18ClNO2. The zero-order chi connectivity index (χ0) is 11.9. The Morgan fingerprint density at radius 1 is 1.18 bits per heavy atom. The highest BCUT2D eigenvalue weighted by molar-refractivity contribution is 6.17. The number of ether oxygens (including phenoxy) is 2. The molecule has 1 aromatic rings. The molecular weight excluding hydrogens is 238 g/mol. The zero-order valence-electron chi connectivity index (χ0n) is 9.88. The molecule has 1 aliphatic rings. The standard InChI is InChI=1S/C13H18ClNO2/c14-5-1-6-15-10-11-3-4-12-13(9-11)17-8-2-7-16-12/h3-4,9,15H,1-2,5-8,10H2. The topological polar surface area (TPSA) is 30.5 Å². The van der Waals surface area contributed by atoms with Gasteiger partial charge in [-0.25, -0.2) is 0 Å². The van der Waals surface area contributed by atoms with E-state index in [9.17, 15) is 0 Å². The third-order valence-electron chi connectivity index (χ3n) is 2.63. The highest BCUT2D eigenvalue weighted by Crippen LogP contribution is 2.30. The van der Waals surface area contributed by atoms with Crippen LogP contribution in [-0.2, 0) is 6.54 Å². The molecule has 4 heteroatoms. The van der Waals surface area contributed by atoms with E-state index in [1.807, 2.05) is 12.1 Å². The van der Waals surface area contributed by atoms with Crippen LogP contribution in [0, 0.1) is 0 Å². The van der Waals surface area contributed by atoms with Crippen molar-refractivity contribution in [3.05, 3.63) is 23.8 Å². The second-order valence-corrected chi connectivity index (χ2v) is 4.43. The van der Waals surface area contributed by atoms with Crippen molar-refractivity contribution in [3.8, 4) is 11.5 Å². The van der Waals surface area contributed by atoms with Crippen molar-refractivity contribution in [3.63, 3.8) is 0 Å². The minimum atomic E-state index is 0.703. The molecule has 17 heavy (non-hydrogen) atoms. The summed E-state index contributed by atoms with van der Waals surface area (Å²) in [5.74, 6) is 2.42. The lowest BCUT2D eigenvalue weighted by atomic mass is 10.2. The van der Waals surface area contributed by atoms with Gasteiger partial charge in [0.15, 0.2) is 11.5 Å². The average molecular weight is 256 g/mol. The van der Waals surface area contributed by atoms with Crippen molar-refractivity contribution in [2.45, 2.75) is 19.4 Å². The van der Waals surface area contributed by atoms with Crippen LogP contribution in [-0.4, -0.2) is 25.6 Å². The first-order valence-electron chi connectivity index (χ1n) is 6.05. The van der Waals surface area contributed by atoms with Crippen molar-refractivity contribution in [2.24, 2.45) is 0 Å². The fraction of sp³-hybridized carbons (Fsp3) is 0.538. The van der Waals surface area contributed by atoms with Crippen LogP contribution in [0.2, 0.25) is 0 Å². The molecule has 0 amide bonds. The summed E-state index contributed by atoms with van der Waals surface area (Å²) >= 11 is 5.62. The molecule has 1 heterocycles. The van der Waals surface area contributed by atoms with Crippen LogP contribution in [0.3, 0.4) is 0 Å². The summed E-state index contributed by atoms with van der Waals surface area (Å²) in [6, 6.07) is 6.11. The summed E-state index contributed by atoms with van der Waals surface area (Å²) in [5, 5.41) is 3.34. The molecule has 0 radical (unpaired) electrons. The molecule has 0 aromatic heterocycles. The van der Waals surface area contributed by atoms with E-state index < -0.39 is 0 Å². The van der Waals surface area contributed by atoms with Crippen molar-refractivity contribution >= 4 is 11.6 Å². The summed E-state index contributed by atoms with van der Waals surface area (Å²) in [5.41, 5.74) is 1.21. The summed E-state index contributed by atoms with van der Waals surface area (Å²) in [6.07, 6.45) is 1.93. The minimum absolute atomic E-state index is 0.703. The number of benzene rings is 1. The van der Waals surface area contributed by atoms with E-state index >= 15 is 0 Å². The molecule has 2 rings (SSSR count). The van der Waals surface area contributed by atoms with E-state index in [4.69, 9.17) is 21.1 Å². The third-order valence-corrected chi connectivity index (χ3v) is 2.90. The summed E-state index contributed by atoms with van der Waals surface area (Å²) < 4.78 is 11.2. The van der Waals surface area contributed by atoms with E-state index in [1.54, 1.807) is 0 Å². The molecule has 1 aliphatic heterocycles. The van der Waals surface area contributed by atoms with Crippen LogP contribution >= 0.6 is 11.6 Å². The minimum Gasteiger partial charge on any atom is -0.490 e. The van der Waals surface area contributed by atoms with E-state index in [0.29, 0.717) is 5.88 Å². The van der Waals surface area contributed by atoms with Crippen LogP contribution in [0.25, 0.3) is 0 Å². The molecule has 0 unspecified atom stereocenters. The maximum Gasteiger partial charge on any atom is 0.161 e. The lowest BCUT2D eigenvalue weighted by Crippen LogP contribution is -2.15. The van der Waals surface area contributed by atoms with Gasteiger partial charge in [-0.2, -0.15) is 0 Å². The Bertz CT molecular complexity index is 357. The SMILES string of the molecule is ClCCCNCc1ccc2c(c1)OCCCO2. The Hall–Kier alpha value is -0.930. The van der Waals surface area contributed by atoms with Gasteiger partial charge in [-0.05, 0) is 30.7 Å². The van der Waals surface area contributed by atoms with Crippen LogP contribution in [0.15, 0.2) is 18.2 Å². The molecule has 0 fully saturated rings. The van der Waals surface area contributed by atoms with Gasteiger partial charge in [-0.3, -0.25) is 0 Å². The van der Waals surface area contributed by atoms with Crippen LogP contribution in [0.5, 0.6) is 11.5 Å². The molecule has 0 saturated carbocycles. The molecule has 3 nitrogen and oxygen atoms in total. The Labute approximate surface area is 107 Å². The van der Waals surface area contributed by atoms with Gasteiger partial charge in [0, 0.05) is 18.8 Å². The Kier molecular flexibility index (Phi) is 4.95. The largest absolute Gasteiger partial charge is 0.490 e. The molecule has 1 aromatic carbocycles. The highest BCUT2D eigenvalue weighted by atomic mass is 35.5. The molecule has 0 spiro atoms. The predicted molar refractivity (Wildman–Crippen MR) is 69.1 cm³/mol. The van der Waals surface area contributed by atoms with Gasteiger partial charge in [0.05, 0.1) is 13.2 Å². The molecule has 94 valence electrons. The number of rotatable bonds is 5. The van der Waals surface area contributed by atoms with Crippen LogP contribution in [0.1, 0.15) is 18.4 Å². The van der Waals surface area contributed by atoms with Crippen molar-refractivity contribution < 1.29 is 9.47 Å². The predicted octanol–water partition coefficient (Wildman–Crippen LogP) is 2.57. The lowest BCUT2D eigenvalue weighted by Gasteiger charge is -2.09. The van der Waals surface area contributed by atoms with Crippen molar-refractivity contribution in [1.82, 2.24) is 5.32 Å².